The average molecular weight is 178 g/mol. The first-order valence-electron chi connectivity index (χ1n) is 4.80. The number of rotatable bonds is 2. The van der Waals surface area contributed by atoms with Crippen LogP contribution in [0.3, 0.4) is 0 Å². The van der Waals surface area contributed by atoms with E-state index in [0.29, 0.717) is 11.8 Å². The summed E-state index contributed by atoms with van der Waals surface area (Å²) in [5.41, 5.74) is 2.35. The third kappa shape index (κ3) is 2.03. The lowest BCUT2D eigenvalue weighted by atomic mass is 9.90. The number of hydrogen-bond acceptors (Lipinski definition) is 1. The van der Waals surface area contributed by atoms with Crippen LogP contribution in [0.4, 0.5) is 0 Å². The topological polar surface area (TPSA) is 9.23 Å². The van der Waals surface area contributed by atoms with Crippen molar-refractivity contribution in [2.75, 3.05) is 0 Å². The molecule has 0 atom stereocenters. The highest BCUT2D eigenvalue weighted by atomic mass is 16.5. The Balaban J connectivity index is 3.07. The van der Waals surface area contributed by atoms with Crippen LogP contribution in [-0.2, 0) is 4.74 Å². The van der Waals surface area contributed by atoms with Crippen molar-refractivity contribution in [2.45, 2.75) is 27.7 Å². The molecule has 1 rings (SSSR count). The van der Waals surface area contributed by atoms with Crippen LogP contribution >= 0.6 is 0 Å². The van der Waals surface area contributed by atoms with E-state index < -0.39 is 0 Å². The van der Waals surface area contributed by atoms with Gasteiger partial charge in [0.1, 0.15) is 5.76 Å². The lowest BCUT2D eigenvalue weighted by Crippen LogP contribution is -2.10. The molecule has 0 saturated carbocycles. The maximum atomic E-state index is 5.52. The van der Waals surface area contributed by atoms with Gasteiger partial charge in [0.25, 0.3) is 0 Å². The van der Waals surface area contributed by atoms with Crippen LogP contribution in [0.15, 0.2) is 35.8 Å². The van der Waals surface area contributed by atoms with Gasteiger partial charge in [-0.25, -0.2) is 0 Å². The zero-order valence-corrected chi connectivity index (χ0v) is 8.92. The van der Waals surface area contributed by atoms with Gasteiger partial charge < -0.3 is 4.74 Å². The highest BCUT2D eigenvalue weighted by Gasteiger charge is 2.19. The average Bonchev–Trinajstić information content (AvgIpc) is 2.02. The van der Waals surface area contributed by atoms with Crippen LogP contribution in [0.2, 0.25) is 0 Å². The van der Waals surface area contributed by atoms with Crippen LogP contribution in [0.25, 0.3) is 0 Å². The van der Waals surface area contributed by atoms with Gasteiger partial charge in [-0.2, -0.15) is 0 Å². The molecule has 1 heterocycles. The molecule has 0 fully saturated rings. The standard InChI is InChI=1S/C12H18O/c1-8(2)11-10(5)6-7-13-12(11)9(3)4/h6-9H,5H2,1-4H3. The Morgan fingerprint density at radius 1 is 1.15 bits per heavy atom. The fraction of sp³-hybridized carbons (Fsp3) is 0.500. The summed E-state index contributed by atoms with van der Waals surface area (Å²) >= 11 is 0. The minimum atomic E-state index is 0.430. The van der Waals surface area contributed by atoms with E-state index in [9.17, 15) is 0 Å². The van der Waals surface area contributed by atoms with Crippen molar-refractivity contribution in [3.05, 3.63) is 35.8 Å². The molecule has 0 aromatic heterocycles. The van der Waals surface area contributed by atoms with E-state index in [0.717, 1.165) is 11.3 Å². The van der Waals surface area contributed by atoms with E-state index >= 15 is 0 Å². The molecule has 1 nitrogen and oxygen atoms in total. The first-order chi connectivity index (χ1) is 6.04. The maximum Gasteiger partial charge on any atom is 0.110 e. The summed E-state index contributed by atoms with van der Waals surface area (Å²) in [6.45, 7) is 12.7. The summed E-state index contributed by atoms with van der Waals surface area (Å²) in [5, 5.41) is 0. The van der Waals surface area contributed by atoms with Crippen LogP contribution in [0.1, 0.15) is 27.7 Å². The first-order valence-corrected chi connectivity index (χ1v) is 4.80. The maximum absolute atomic E-state index is 5.52. The zero-order chi connectivity index (χ0) is 10.0. The quantitative estimate of drug-likeness (QED) is 0.627. The van der Waals surface area contributed by atoms with Crippen LogP contribution in [0.5, 0.6) is 0 Å². The van der Waals surface area contributed by atoms with Crippen molar-refractivity contribution in [3.8, 4) is 0 Å². The van der Waals surface area contributed by atoms with Crippen LogP contribution in [-0.4, -0.2) is 0 Å². The van der Waals surface area contributed by atoms with Gasteiger partial charge in [-0.1, -0.05) is 34.3 Å². The minimum absolute atomic E-state index is 0.430. The molecule has 0 bridgehead atoms. The Hall–Kier alpha value is -0.980. The predicted molar refractivity (Wildman–Crippen MR) is 56.1 cm³/mol. The second-order valence-electron chi connectivity index (χ2n) is 4.03. The molecule has 0 aromatic rings. The van der Waals surface area contributed by atoms with Crippen molar-refractivity contribution < 1.29 is 4.74 Å². The molecule has 0 saturated heterocycles. The van der Waals surface area contributed by atoms with Gasteiger partial charge in [-0.05, 0) is 23.1 Å². The second-order valence-corrected chi connectivity index (χ2v) is 4.03. The number of ether oxygens (including phenoxy) is 1. The van der Waals surface area contributed by atoms with Crippen molar-refractivity contribution in [3.63, 3.8) is 0 Å². The third-order valence-electron chi connectivity index (χ3n) is 2.18. The van der Waals surface area contributed by atoms with E-state index in [2.05, 4.69) is 34.3 Å². The molecule has 72 valence electrons. The van der Waals surface area contributed by atoms with E-state index in [-0.39, 0.29) is 0 Å². The van der Waals surface area contributed by atoms with E-state index in [1.54, 1.807) is 6.26 Å². The van der Waals surface area contributed by atoms with Crippen molar-refractivity contribution in [1.29, 1.82) is 0 Å². The largest absolute Gasteiger partial charge is 0.469 e. The van der Waals surface area contributed by atoms with E-state index in [1.807, 2.05) is 6.08 Å². The van der Waals surface area contributed by atoms with Gasteiger partial charge in [0, 0.05) is 5.92 Å². The normalized spacial score (nSPS) is 17.2. The van der Waals surface area contributed by atoms with Gasteiger partial charge in [-0.15, -0.1) is 0 Å². The van der Waals surface area contributed by atoms with Crippen molar-refractivity contribution in [2.24, 2.45) is 11.8 Å². The summed E-state index contributed by atoms with van der Waals surface area (Å²) in [4.78, 5) is 0. The van der Waals surface area contributed by atoms with Gasteiger partial charge in [0.15, 0.2) is 0 Å². The highest BCUT2D eigenvalue weighted by Crippen LogP contribution is 2.31. The van der Waals surface area contributed by atoms with Crippen LogP contribution < -0.4 is 0 Å². The van der Waals surface area contributed by atoms with Crippen molar-refractivity contribution in [1.82, 2.24) is 0 Å². The van der Waals surface area contributed by atoms with Crippen molar-refractivity contribution >= 4 is 0 Å². The van der Waals surface area contributed by atoms with Gasteiger partial charge in [0.05, 0.1) is 6.26 Å². The smallest absolute Gasteiger partial charge is 0.110 e. The first kappa shape index (κ1) is 10.1. The molecule has 0 N–H and O–H groups in total. The molecule has 13 heavy (non-hydrogen) atoms. The molecule has 0 spiro atoms. The zero-order valence-electron chi connectivity index (χ0n) is 8.92. The minimum Gasteiger partial charge on any atom is -0.469 e. The Kier molecular flexibility index (Phi) is 2.97. The van der Waals surface area contributed by atoms with E-state index in [1.165, 1.54) is 5.57 Å². The molecule has 0 unspecified atom stereocenters. The Morgan fingerprint density at radius 2 is 1.77 bits per heavy atom. The summed E-state index contributed by atoms with van der Waals surface area (Å²) in [7, 11) is 0. The molecule has 0 radical (unpaired) electrons. The SMILES string of the molecule is C=C1C=COC(C(C)C)=C1C(C)C. The molecular formula is C12H18O. The lowest BCUT2D eigenvalue weighted by Gasteiger charge is -2.23. The highest BCUT2D eigenvalue weighted by molar-refractivity contribution is 5.42. The fourth-order valence-electron chi connectivity index (χ4n) is 1.60. The monoisotopic (exact) mass is 178 g/mol. The molecule has 1 aliphatic rings. The molecular weight excluding hydrogens is 160 g/mol. The predicted octanol–water partition coefficient (Wildman–Crippen LogP) is 3.65. The molecule has 1 heteroatoms. The molecule has 1 aliphatic heterocycles. The summed E-state index contributed by atoms with van der Waals surface area (Å²) in [6, 6.07) is 0. The molecule has 0 aromatic carbocycles. The van der Waals surface area contributed by atoms with Gasteiger partial charge in [0.2, 0.25) is 0 Å². The van der Waals surface area contributed by atoms with Gasteiger partial charge in [-0.3, -0.25) is 0 Å². The summed E-state index contributed by atoms with van der Waals surface area (Å²) < 4.78 is 5.52. The summed E-state index contributed by atoms with van der Waals surface area (Å²) in [6.07, 6.45) is 3.66. The Labute approximate surface area is 80.8 Å². The fourth-order valence-corrected chi connectivity index (χ4v) is 1.60. The third-order valence-corrected chi connectivity index (χ3v) is 2.18. The van der Waals surface area contributed by atoms with E-state index in [4.69, 9.17) is 4.74 Å². The Bertz CT molecular complexity index is 267. The Morgan fingerprint density at radius 3 is 2.15 bits per heavy atom. The lowest BCUT2D eigenvalue weighted by molar-refractivity contribution is 0.290. The molecule has 0 aliphatic carbocycles. The van der Waals surface area contributed by atoms with Crippen LogP contribution in [0, 0.1) is 11.8 Å². The second kappa shape index (κ2) is 3.82. The summed E-state index contributed by atoms with van der Waals surface area (Å²) in [5.74, 6) is 1.98. The molecule has 0 amide bonds. The number of allylic oxidation sites excluding steroid dienone is 4. The van der Waals surface area contributed by atoms with Gasteiger partial charge >= 0.3 is 0 Å². The number of hydrogen-bond donors (Lipinski definition) is 0.